The molecule has 1 unspecified atom stereocenters. The Balaban J connectivity index is 1.42. The van der Waals surface area contributed by atoms with E-state index in [-0.39, 0.29) is 11.9 Å². The molecular formula is C22H18ClN5O. The Bertz CT molecular complexity index is 1220. The van der Waals surface area contributed by atoms with E-state index in [0.29, 0.717) is 27.4 Å². The lowest BCUT2D eigenvalue weighted by Crippen LogP contribution is -2.31. The van der Waals surface area contributed by atoms with Crippen molar-refractivity contribution in [2.75, 3.05) is 0 Å². The van der Waals surface area contributed by atoms with Gasteiger partial charge in [0.2, 0.25) is 0 Å². The van der Waals surface area contributed by atoms with E-state index in [4.69, 9.17) is 11.6 Å². The molecule has 2 heterocycles. The molecule has 5 rings (SSSR count). The minimum Gasteiger partial charge on any atom is -0.345 e. The maximum Gasteiger partial charge on any atom is 0.253 e. The van der Waals surface area contributed by atoms with Gasteiger partial charge in [-0.1, -0.05) is 41.1 Å². The number of carbonyl (C=O) groups excluding carboxylic acids is 1. The van der Waals surface area contributed by atoms with E-state index in [1.54, 1.807) is 29.1 Å². The van der Waals surface area contributed by atoms with Crippen LogP contribution in [0.2, 0.25) is 5.02 Å². The van der Waals surface area contributed by atoms with Crippen LogP contribution in [0.15, 0.2) is 60.8 Å². The highest BCUT2D eigenvalue weighted by Gasteiger charge is 2.23. The number of hydrogen-bond acceptors (Lipinski definition) is 4. The van der Waals surface area contributed by atoms with Crippen LogP contribution in [-0.2, 0) is 6.42 Å². The summed E-state index contributed by atoms with van der Waals surface area (Å²) in [7, 11) is 0. The molecule has 29 heavy (non-hydrogen) atoms. The Hall–Kier alpha value is -3.25. The Morgan fingerprint density at radius 1 is 1.14 bits per heavy atom. The van der Waals surface area contributed by atoms with E-state index < -0.39 is 0 Å². The summed E-state index contributed by atoms with van der Waals surface area (Å²) in [6.07, 6.45) is 4.72. The number of hydrogen-bond donors (Lipinski definition) is 1. The predicted molar refractivity (Wildman–Crippen MR) is 111 cm³/mol. The Morgan fingerprint density at radius 2 is 2.03 bits per heavy atom. The highest BCUT2D eigenvalue weighted by molar-refractivity contribution is 6.34. The molecular weight excluding hydrogens is 386 g/mol. The minimum atomic E-state index is -0.176. The zero-order valence-electron chi connectivity index (χ0n) is 15.5. The van der Waals surface area contributed by atoms with Gasteiger partial charge in [0.25, 0.3) is 5.91 Å². The summed E-state index contributed by atoms with van der Waals surface area (Å²) in [5, 5.41) is 11.8. The zero-order chi connectivity index (χ0) is 19.8. The smallest absolute Gasteiger partial charge is 0.253 e. The van der Waals surface area contributed by atoms with Crippen molar-refractivity contribution in [3.8, 4) is 5.69 Å². The second-order valence-electron chi connectivity index (χ2n) is 7.13. The van der Waals surface area contributed by atoms with Crippen LogP contribution in [0, 0.1) is 0 Å². The standard InChI is InChI=1S/C22H18ClN5O/c23-18-13-15(28-21-20(26-27-28)9-4-12-24-21)10-11-17(18)22(29)25-19-8-3-6-14-5-1-2-7-16(14)19/h1-2,4-5,7,9-13,19H,3,6,8H2,(H,25,29). The number of fused-ring (bicyclic) bond motifs is 2. The van der Waals surface area contributed by atoms with Gasteiger partial charge < -0.3 is 5.32 Å². The fourth-order valence-corrected chi connectivity index (χ4v) is 4.16. The van der Waals surface area contributed by atoms with Gasteiger partial charge in [0, 0.05) is 6.20 Å². The van der Waals surface area contributed by atoms with Gasteiger partial charge in [0.1, 0.15) is 5.52 Å². The molecule has 0 bridgehead atoms. The van der Waals surface area contributed by atoms with Crippen LogP contribution < -0.4 is 5.32 Å². The second-order valence-corrected chi connectivity index (χ2v) is 7.54. The number of amides is 1. The van der Waals surface area contributed by atoms with Crippen LogP contribution >= 0.6 is 11.6 Å². The first-order chi connectivity index (χ1) is 14.2. The van der Waals surface area contributed by atoms with Crippen molar-refractivity contribution in [3.63, 3.8) is 0 Å². The summed E-state index contributed by atoms with van der Waals surface area (Å²) >= 11 is 6.47. The van der Waals surface area contributed by atoms with Crippen LogP contribution in [0.5, 0.6) is 0 Å². The number of benzene rings is 2. The SMILES string of the molecule is O=C(NC1CCCc2ccccc21)c1ccc(-n2nnc3cccnc32)cc1Cl. The molecule has 0 fully saturated rings. The minimum absolute atomic E-state index is 0.00616. The first-order valence-corrected chi connectivity index (χ1v) is 9.93. The average Bonchev–Trinajstić information content (AvgIpc) is 3.18. The van der Waals surface area contributed by atoms with Crippen molar-refractivity contribution in [2.24, 2.45) is 0 Å². The molecule has 7 heteroatoms. The summed E-state index contributed by atoms with van der Waals surface area (Å²) in [5.41, 5.74) is 4.98. The van der Waals surface area contributed by atoms with Crippen molar-refractivity contribution in [1.82, 2.24) is 25.3 Å². The summed E-state index contributed by atoms with van der Waals surface area (Å²) in [6.45, 7) is 0. The van der Waals surface area contributed by atoms with Gasteiger partial charge in [-0.05, 0) is 60.7 Å². The second kappa shape index (κ2) is 7.29. The van der Waals surface area contributed by atoms with Gasteiger partial charge >= 0.3 is 0 Å². The van der Waals surface area contributed by atoms with Gasteiger partial charge in [-0.25, -0.2) is 4.98 Å². The maximum atomic E-state index is 12.9. The zero-order valence-corrected chi connectivity index (χ0v) is 16.3. The number of nitrogens with zero attached hydrogens (tertiary/aromatic N) is 4. The quantitative estimate of drug-likeness (QED) is 0.554. The van der Waals surface area contributed by atoms with Crippen LogP contribution in [0.3, 0.4) is 0 Å². The predicted octanol–water partition coefficient (Wildman–Crippen LogP) is 4.28. The fraction of sp³-hybridized carbons (Fsp3) is 0.182. The number of aromatic nitrogens is 4. The molecule has 1 atom stereocenters. The van der Waals surface area contributed by atoms with Crippen LogP contribution in [0.4, 0.5) is 0 Å². The molecule has 0 saturated carbocycles. The van der Waals surface area contributed by atoms with Crippen molar-refractivity contribution in [2.45, 2.75) is 25.3 Å². The fourth-order valence-electron chi connectivity index (χ4n) is 3.90. The molecule has 1 amide bonds. The monoisotopic (exact) mass is 403 g/mol. The summed E-state index contributed by atoms with van der Waals surface area (Å²) in [4.78, 5) is 17.2. The normalized spacial score (nSPS) is 15.8. The molecule has 6 nitrogen and oxygen atoms in total. The third-order valence-corrected chi connectivity index (χ3v) is 5.64. The maximum absolute atomic E-state index is 12.9. The lowest BCUT2D eigenvalue weighted by molar-refractivity contribution is 0.0933. The lowest BCUT2D eigenvalue weighted by Gasteiger charge is -2.26. The molecule has 0 aliphatic heterocycles. The summed E-state index contributed by atoms with van der Waals surface area (Å²) < 4.78 is 1.61. The molecule has 0 radical (unpaired) electrons. The van der Waals surface area contributed by atoms with Gasteiger partial charge in [-0.3, -0.25) is 4.79 Å². The number of pyridine rings is 1. The van der Waals surface area contributed by atoms with Crippen LogP contribution in [0.1, 0.15) is 40.4 Å². The molecule has 0 saturated heterocycles. The summed E-state index contributed by atoms with van der Waals surface area (Å²) in [6, 6.07) is 17.2. The highest BCUT2D eigenvalue weighted by Crippen LogP contribution is 2.30. The summed E-state index contributed by atoms with van der Waals surface area (Å²) in [5.74, 6) is -0.176. The van der Waals surface area contributed by atoms with E-state index in [9.17, 15) is 4.79 Å². The van der Waals surface area contributed by atoms with Gasteiger partial charge in [0.15, 0.2) is 5.65 Å². The lowest BCUT2D eigenvalue weighted by atomic mass is 9.87. The van der Waals surface area contributed by atoms with Crippen LogP contribution in [-0.4, -0.2) is 25.9 Å². The number of carbonyl (C=O) groups is 1. The third-order valence-electron chi connectivity index (χ3n) is 5.33. The number of aryl methyl sites for hydroxylation is 1. The molecule has 1 aliphatic carbocycles. The van der Waals surface area contributed by atoms with E-state index in [1.165, 1.54) is 11.1 Å². The molecule has 1 N–H and O–H groups in total. The molecule has 0 spiro atoms. The van der Waals surface area contributed by atoms with Crippen molar-refractivity contribution in [3.05, 3.63) is 82.5 Å². The first-order valence-electron chi connectivity index (χ1n) is 9.56. The van der Waals surface area contributed by atoms with E-state index in [0.717, 1.165) is 19.3 Å². The van der Waals surface area contributed by atoms with E-state index >= 15 is 0 Å². The van der Waals surface area contributed by atoms with E-state index in [2.05, 4.69) is 32.7 Å². The molecule has 144 valence electrons. The molecule has 2 aromatic heterocycles. The largest absolute Gasteiger partial charge is 0.345 e. The van der Waals surface area contributed by atoms with Crippen molar-refractivity contribution >= 4 is 28.7 Å². The van der Waals surface area contributed by atoms with Crippen LogP contribution in [0.25, 0.3) is 16.9 Å². The Morgan fingerprint density at radius 3 is 2.93 bits per heavy atom. The number of halogens is 1. The average molecular weight is 404 g/mol. The third kappa shape index (κ3) is 3.25. The van der Waals surface area contributed by atoms with Gasteiger partial charge in [0.05, 0.1) is 22.3 Å². The molecule has 4 aromatic rings. The molecule has 2 aromatic carbocycles. The van der Waals surface area contributed by atoms with E-state index in [1.807, 2.05) is 24.3 Å². The van der Waals surface area contributed by atoms with Gasteiger partial charge in [-0.15, -0.1) is 5.10 Å². The number of rotatable bonds is 3. The van der Waals surface area contributed by atoms with Crippen molar-refractivity contribution in [1.29, 1.82) is 0 Å². The Labute approximate surface area is 172 Å². The topological polar surface area (TPSA) is 72.7 Å². The highest BCUT2D eigenvalue weighted by atomic mass is 35.5. The van der Waals surface area contributed by atoms with Gasteiger partial charge in [-0.2, -0.15) is 4.68 Å². The molecule has 1 aliphatic rings. The van der Waals surface area contributed by atoms with Crippen molar-refractivity contribution < 1.29 is 4.79 Å². The first kappa shape index (κ1) is 17.8. The number of nitrogens with one attached hydrogen (secondary N) is 1. The Kier molecular flexibility index (Phi) is 4.48.